The van der Waals surface area contributed by atoms with E-state index in [0.29, 0.717) is 17.9 Å². The molecule has 2 heterocycles. The highest BCUT2D eigenvalue weighted by molar-refractivity contribution is 6.05. The molecule has 0 saturated heterocycles. The molecule has 2 atom stereocenters. The number of amides is 1. The molecule has 0 saturated carbocycles. The number of anilines is 1. The monoisotopic (exact) mass is 424 g/mol. The van der Waals surface area contributed by atoms with Gasteiger partial charge in [0.25, 0.3) is 5.91 Å². The van der Waals surface area contributed by atoms with Crippen molar-refractivity contribution in [1.29, 1.82) is 0 Å². The van der Waals surface area contributed by atoms with Crippen molar-refractivity contribution in [3.05, 3.63) is 107 Å². The van der Waals surface area contributed by atoms with Gasteiger partial charge in [-0.25, -0.2) is 4.68 Å². The highest BCUT2D eigenvalue weighted by atomic mass is 16.5. The van der Waals surface area contributed by atoms with Gasteiger partial charge in [0.05, 0.1) is 19.2 Å². The Morgan fingerprint density at radius 3 is 2.41 bits per heavy atom. The number of methoxy groups -OCH3 is 1. The Bertz CT molecular complexity index is 1230. The number of rotatable bonds is 4. The summed E-state index contributed by atoms with van der Waals surface area (Å²) >= 11 is 0. The third-order valence-corrected chi connectivity index (χ3v) is 6.02. The lowest BCUT2D eigenvalue weighted by atomic mass is 9.91. The third-order valence-electron chi connectivity index (χ3n) is 6.02. The number of fused-ring (bicyclic) bond motifs is 1. The number of para-hydroxylation sites is 1. The highest BCUT2D eigenvalue weighted by Crippen LogP contribution is 2.44. The molecule has 1 aromatic heterocycles. The van der Waals surface area contributed by atoms with Gasteiger partial charge in [0.1, 0.15) is 12.1 Å². The van der Waals surface area contributed by atoms with Crippen molar-refractivity contribution in [2.75, 3.05) is 12.0 Å². The number of hydrogen-bond donors (Lipinski definition) is 0. The van der Waals surface area contributed by atoms with E-state index in [2.05, 4.69) is 28.3 Å². The van der Waals surface area contributed by atoms with Crippen molar-refractivity contribution < 1.29 is 9.53 Å². The third kappa shape index (κ3) is 3.43. The van der Waals surface area contributed by atoms with Crippen LogP contribution < -0.4 is 9.64 Å². The Hall–Kier alpha value is -3.93. The van der Waals surface area contributed by atoms with E-state index in [-0.39, 0.29) is 18.0 Å². The molecule has 0 aliphatic carbocycles. The normalized spacial score (nSPS) is 17.6. The second-order valence-corrected chi connectivity index (χ2v) is 7.97. The van der Waals surface area contributed by atoms with Gasteiger partial charge in [-0.1, -0.05) is 66.2 Å². The summed E-state index contributed by atoms with van der Waals surface area (Å²) < 4.78 is 7.48. The average Bonchev–Trinajstić information content (AvgIpc) is 3.33. The van der Waals surface area contributed by atoms with Gasteiger partial charge in [-0.05, 0) is 37.1 Å². The van der Waals surface area contributed by atoms with Gasteiger partial charge >= 0.3 is 0 Å². The van der Waals surface area contributed by atoms with Crippen molar-refractivity contribution in [3.8, 4) is 5.75 Å². The fourth-order valence-electron chi connectivity index (χ4n) is 4.42. The quantitative estimate of drug-likeness (QED) is 0.464. The minimum Gasteiger partial charge on any atom is -0.496 e. The summed E-state index contributed by atoms with van der Waals surface area (Å²) in [5, 5.41) is 4.51. The van der Waals surface area contributed by atoms with E-state index >= 15 is 0 Å². The molecule has 1 aliphatic heterocycles. The van der Waals surface area contributed by atoms with E-state index in [1.54, 1.807) is 12.0 Å². The van der Waals surface area contributed by atoms with E-state index in [9.17, 15) is 4.79 Å². The van der Waals surface area contributed by atoms with E-state index in [4.69, 9.17) is 4.74 Å². The number of hydrogen-bond acceptors (Lipinski definition) is 4. The Balaban J connectivity index is 1.66. The van der Waals surface area contributed by atoms with Crippen LogP contribution >= 0.6 is 0 Å². The summed E-state index contributed by atoms with van der Waals surface area (Å²) in [5.41, 5.74) is 3.81. The van der Waals surface area contributed by atoms with E-state index < -0.39 is 0 Å². The van der Waals surface area contributed by atoms with E-state index in [1.165, 1.54) is 6.33 Å². The van der Waals surface area contributed by atoms with Crippen LogP contribution in [0.4, 0.5) is 5.95 Å². The molecule has 32 heavy (non-hydrogen) atoms. The van der Waals surface area contributed by atoms with Crippen molar-refractivity contribution >= 4 is 11.9 Å². The van der Waals surface area contributed by atoms with Gasteiger partial charge < -0.3 is 4.74 Å². The Morgan fingerprint density at radius 2 is 1.66 bits per heavy atom. The fourth-order valence-corrected chi connectivity index (χ4v) is 4.42. The molecule has 5 rings (SSSR count). The molecule has 160 valence electrons. The molecule has 6 nitrogen and oxygen atoms in total. The minimum atomic E-state index is -0.198. The molecular weight excluding hydrogens is 400 g/mol. The van der Waals surface area contributed by atoms with Gasteiger partial charge in [-0.15, -0.1) is 0 Å². The summed E-state index contributed by atoms with van der Waals surface area (Å²) in [6, 6.07) is 25.4. The molecule has 1 aliphatic rings. The van der Waals surface area contributed by atoms with Crippen LogP contribution in [0.5, 0.6) is 5.75 Å². The Kier molecular flexibility index (Phi) is 5.19. The minimum absolute atomic E-state index is 0.0911. The van der Waals surface area contributed by atoms with Crippen LogP contribution in [-0.2, 0) is 0 Å². The lowest BCUT2D eigenvalue weighted by Gasteiger charge is -2.39. The molecule has 0 bridgehead atoms. The number of aryl methyl sites for hydroxylation is 1. The van der Waals surface area contributed by atoms with Gasteiger partial charge in [-0.3, -0.25) is 9.69 Å². The SMILES string of the molecule is COc1ccccc1[C@@H]1C[C@@H](c2ccccc2)N(C(=O)c2ccc(C)cc2)c2ncnn21. The summed E-state index contributed by atoms with van der Waals surface area (Å²) in [6.45, 7) is 2.01. The summed E-state index contributed by atoms with van der Waals surface area (Å²) in [7, 11) is 1.67. The van der Waals surface area contributed by atoms with Crippen molar-refractivity contribution in [2.24, 2.45) is 0 Å². The molecule has 1 amide bonds. The van der Waals surface area contributed by atoms with Crippen molar-refractivity contribution in [3.63, 3.8) is 0 Å². The first-order chi connectivity index (χ1) is 15.7. The maximum Gasteiger partial charge on any atom is 0.261 e. The zero-order chi connectivity index (χ0) is 22.1. The lowest BCUT2D eigenvalue weighted by Crippen LogP contribution is -2.42. The van der Waals surface area contributed by atoms with Crippen LogP contribution in [0.3, 0.4) is 0 Å². The maximum absolute atomic E-state index is 13.7. The zero-order valence-corrected chi connectivity index (χ0v) is 18.1. The van der Waals surface area contributed by atoms with Crippen LogP contribution in [-0.4, -0.2) is 27.8 Å². The molecule has 0 spiro atoms. The molecule has 0 radical (unpaired) electrons. The predicted molar refractivity (Wildman–Crippen MR) is 123 cm³/mol. The molecular formula is C26H24N4O2. The van der Waals surface area contributed by atoms with Crippen LogP contribution in [0.15, 0.2) is 85.2 Å². The number of aromatic nitrogens is 3. The molecule has 0 N–H and O–H groups in total. The number of nitrogens with zero attached hydrogens (tertiary/aromatic N) is 4. The highest BCUT2D eigenvalue weighted by Gasteiger charge is 2.40. The van der Waals surface area contributed by atoms with Crippen LogP contribution in [0.2, 0.25) is 0 Å². The smallest absolute Gasteiger partial charge is 0.261 e. The zero-order valence-electron chi connectivity index (χ0n) is 18.1. The fraction of sp³-hybridized carbons (Fsp3) is 0.192. The largest absolute Gasteiger partial charge is 0.496 e. The Morgan fingerprint density at radius 1 is 0.938 bits per heavy atom. The van der Waals surface area contributed by atoms with Gasteiger partial charge in [0.2, 0.25) is 5.95 Å². The molecule has 0 fully saturated rings. The first-order valence-electron chi connectivity index (χ1n) is 10.6. The van der Waals surface area contributed by atoms with Crippen molar-refractivity contribution in [2.45, 2.75) is 25.4 Å². The number of carbonyl (C=O) groups is 1. The van der Waals surface area contributed by atoms with E-state index in [1.807, 2.05) is 72.3 Å². The van der Waals surface area contributed by atoms with E-state index in [0.717, 1.165) is 22.4 Å². The van der Waals surface area contributed by atoms with Gasteiger partial charge in [-0.2, -0.15) is 10.1 Å². The molecule has 0 unspecified atom stereocenters. The maximum atomic E-state index is 13.7. The first-order valence-corrected chi connectivity index (χ1v) is 10.6. The topological polar surface area (TPSA) is 60.2 Å². The number of ether oxygens (including phenoxy) is 1. The second kappa shape index (κ2) is 8.30. The number of carbonyl (C=O) groups excluding carboxylic acids is 1. The summed E-state index contributed by atoms with van der Waals surface area (Å²) in [4.78, 5) is 20.0. The van der Waals surface area contributed by atoms with Gasteiger partial charge in [0.15, 0.2) is 0 Å². The van der Waals surface area contributed by atoms with Crippen molar-refractivity contribution in [1.82, 2.24) is 14.8 Å². The molecule has 6 heteroatoms. The standard InChI is InChI=1S/C26H24N4O2/c1-18-12-14-20(15-13-18)25(31)29-22(19-8-4-3-5-9-19)16-23(30-26(29)27-17-28-30)21-10-6-7-11-24(21)32-2/h3-15,17,22-23H,16H2,1-2H3/t22-,23-/m0/s1. The average molecular weight is 425 g/mol. The van der Waals surface area contributed by atoms with Crippen LogP contribution in [0.1, 0.15) is 45.6 Å². The second-order valence-electron chi connectivity index (χ2n) is 7.97. The first kappa shape index (κ1) is 20.0. The van der Waals surface area contributed by atoms with Gasteiger partial charge in [0, 0.05) is 11.1 Å². The molecule has 4 aromatic rings. The summed E-state index contributed by atoms with van der Waals surface area (Å²) in [6.07, 6.45) is 2.17. The van der Waals surface area contributed by atoms with Crippen LogP contribution in [0, 0.1) is 6.92 Å². The predicted octanol–water partition coefficient (Wildman–Crippen LogP) is 4.98. The summed E-state index contributed by atoms with van der Waals surface area (Å²) in [5.74, 6) is 1.24. The van der Waals surface area contributed by atoms with Crippen LogP contribution in [0.25, 0.3) is 0 Å². The molecule has 3 aromatic carbocycles. The Labute approximate surface area is 187 Å². The lowest BCUT2D eigenvalue weighted by molar-refractivity contribution is 0.0963. The number of benzene rings is 3.